The van der Waals surface area contributed by atoms with Crippen molar-refractivity contribution in [1.29, 1.82) is 0 Å². The summed E-state index contributed by atoms with van der Waals surface area (Å²) in [5, 5.41) is 13.3. The van der Waals surface area contributed by atoms with Crippen LogP contribution in [0.15, 0.2) is 42.5 Å². The summed E-state index contributed by atoms with van der Waals surface area (Å²) in [6.45, 7) is 0.798. The molecule has 2 aromatic rings. The molecule has 0 unspecified atom stereocenters. The number of aliphatic hydroxyl groups excluding tert-OH is 1. The predicted octanol–water partition coefficient (Wildman–Crippen LogP) is 3.31. The molecule has 5 heteroatoms. The molecule has 1 saturated carbocycles. The largest absolute Gasteiger partial charge is 0.394 e. The molecule has 5 rings (SSSR count). The van der Waals surface area contributed by atoms with Crippen molar-refractivity contribution in [3.8, 4) is 11.8 Å². The van der Waals surface area contributed by atoms with Gasteiger partial charge in [-0.2, -0.15) is 0 Å². The van der Waals surface area contributed by atoms with Gasteiger partial charge in [0.25, 0.3) is 0 Å². The zero-order chi connectivity index (χ0) is 20.0. The lowest BCUT2D eigenvalue weighted by atomic mass is 9.82. The molecule has 2 aliphatic heterocycles. The van der Waals surface area contributed by atoms with Crippen molar-refractivity contribution in [2.75, 3.05) is 18.5 Å². The Bertz CT molecular complexity index is 1000. The van der Waals surface area contributed by atoms with Crippen LogP contribution in [0.2, 0.25) is 0 Å². The molecular formula is C24H23FN2O2. The number of aliphatic hydroxyl groups is 1. The summed E-state index contributed by atoms with van der Waals surface area (Å²) in [6, 6.07) is 12.1. The Hall–Kier alpha value is -2.84. The van der Waals surface area contributed by atoms with Gasteiger partial charge in [0.1, 0.15) is 5.82 Å². The molecule has 4 nitrogen and oxygen atoms in total. The number of nitrogens with one attached hydrogen (secondary N) is 1. The van der Waals surface area contributed by atoms with Gasteiger partial charge in [0.2, 0.25) is 5.91 Å². The monoisotopic (exact) mass is 390 g/mol. The number of benzene rings is 2. The van der Waals surface area contributed by atoms with Crippen LogP contribution in [-0.2, 0) is 4.79 Å². The second kappa shape index (κ2) is 7.20. The average Bonchev–Trinajstić information content (AvgIpc) is 3.50. The first-order chi connectivity index (χ1) is 14.1. The molecule has 1 aliphatic carbocycles. The van der Waals surface area contributed by atoms with E-state index in [0.29, 0.717) is 0 Å². The average molecular weight is 390 g/mol. The van der Waals surface area contributed by atoms with E-state index in [1.165, 1.54) is 12.1 Å². The third-order valence-electron chi connectivity index (χ3n) is 6.27. The fraction of sp³-hybridized carbons (Fsp3) is 0.375. The molecule has 0 aromatic heterocycles. The second-order valence-corrected chi connectivity index (χ2v) is 8.20. The van der Waals surface area contributed by atoms with Gasteiger partial charge in [0.05, 0.1) is 18.7 Å². The van der Waals surface area contributed by atoms with Crippen molar-refractivity contribution >= 4 is 11.6 Å². The fourth-order valence-corrected chi connectivity index (χ4v) is 4.63. The second-order valence-electron chi connectivity index (χ2n) is 8.20. The van der Waals surface area contributed by atoms with E-state index < -0.39 is 0 Å². The van der Waals surface area contributed by atoms with Gasteiger partial charge in [-0.25, -0.2) is 4.39 Å². The lowest BCUT2D eigenvalue weighted by Crippen LogP contribution is -2.43. The van der Waals surface area contributed by atoms with Gasteiger partial charge in [-0.3, -0.25) is 4.79 Å². The van der Waals surface area contributed by atoms with E-state index >= 15 is 0 Å². The van der Waals surface area contributed by atoms with Crippen LogP contribution in [0.3, 0.4) is 0 Å². The highest BCUT2D eigenvalue weighted by Crippen LogP contribution is 2.48. The van der Waals surface area contributed by atoms with Crippen LogP contribution in [0.25, 0.3) is 0 Å². The zero-order valence-corrected chi connectivity index (χ0v) is 16.1. The van der Waals surface area contributed by atoms with Gasteiger partial charge in [0, 0.05) is 35.2 Å². The van der Waals surface area contributed by atoms with Crippen molar-refractivity contribution < 1.29 is 14.3 Å². The minimum absolute atomic E-state index is 0.0101. The van der Waals surface area contributed by atoms with Crippen molar-refractivity contribution in [2.45, 2.75) is 31.3 Å². The van der Waals surface area contributed by atoms with E-state index in [0.717, 1.165) is 48.2 Å². The summed E-state index contributed by atoms with van der Waals surface area (Å²) in [4.78, 5) is 14.9. The minimum Gasteiger partial charge on any atom is -0.394 e. The van der Waals surface area contributed by atoms with Gasteiger partial charge in [-0.15, -0.1) is 0 Å². The van der Waals surface area contributed by atoms with E-state index in [-0.39, 0.29) is 42.3 Å². The summed E-state index contributed by atoms with van der Waals surface area (Å²) < 4.78 is 13.1. The molecule has 2 aromatic carbocycles. The van der Waals surface area contributed by atoms with Crippen LogP contribution in [-0.4, -0.2) is 35.1 Å². The highest BCUT2D eigenvalue weighted by Gasteiger charge is 2.48. The number of hydrogen-bond donors (Lipinski definition) is 2. The molecule has 2 heterocycles. The quantitative estimate of drug-likeness (QED) is 0.774. The standard InChI is InChI=1S/C24H23FN2O2/c25-18-8-3-15(4-9-18)1-2-16-5-10-21-20(13-16)23-19(22(14-28)26-21)11-12-27(23)24(29)17-6-7-17/h3-5,8-10,13,17,19,22-23,26,28H,6-7,11-12,14H2/t19-,22+,23-/m0/s1. The summed E-state index contributed by atoms with van der Waals surface area (Å²) in [6.07, 6.45) is 2.88. The van der Waals surface area contributed by atoms with Crippen molar-refractivity contribution in [1.82, 2.24) is 4.90 Å². The van der Waals surface area contributed by atoms with Crippen molar-refractivity contribution in [3.05, 3.63) is 65.0 Å². The van der Waals surface area contributed by atoms with E-state index in [4.69, 9.17) is 0 Å². The predicted molar refractivity (Wildman–Crippen MR) is 109 cm³/mol. The summed E-state index contributed by atoms with van der Waals surface area (Å²) in [7, 11) is 0. The number of anilines is 1. The van der Waals surface area contributed by atoms with Crippen LogP contribution < -0.4 is 5.32 Å². The molecule has 3 atom stereocenters. The summed E-state index contributed by atoms with van der Waals surface area (Å²) in [5.74, 6) is 6.60. The number of halogens is 1. The van der Waals surface area contributed by atoms with E-state index in [9.17, 15) is 14.3 Å². The van der Waals surface area contributed by atoms with E-state index in [1.807, 2.05) is 17.0 Å². The third-order valence-corrected chi connectivity index (χ3v) is 6.27. The molecule has 1 saturated heterocycles. The van der Waals surface area contributed by atoms with Gasteiger partial charge >= 0.3 is 0 Å². The molecule has 0 spiro atoms. The number of likely N-dealkylation sites (tertiary alicyclic amines) is 1. The fourth-order valence-electron chi connectivity index (χ4n) is 4.63. The van der Waals surface area contributed by atoms with Gasteiger partial charge in [-0.05, 0) is 67.3 Å². The highest BCUT2D eigenvalue weighted by molar-refractivity contribution is 5.82. The molecule has 148 valence electrons. The third kappa shape index (κ3) is 3.38. The number of hydrogen-bond acceptors (Lipinski definition) is 3. The Balaban J connectivity index is 1.49. The smallest absolute Gasteiger partial charge is 0.226 e. The first-order valence-corrected chi connectivity index (χ1v) is 10.2. The van der Waals surface area contributed by atoms with Gasteiger partial charge < -0.3 is 15.3 Å². The van der Waals surface area contributed by atoms with E-state index in [1.54, 1.807) is 12.1 Å². The maximum absolute atomic E-state index is 13.1. The number of nitrogens with zero attached hydrogens (tertiary/aromatic N) is 1. The van der Waals surface area contributed by atoms with Crippen molar-refractivity contribution in [3.63, 3.8) is 0 Å². The topological polar surface area (TPSA) is 52.6 Å². The maximum atomic E-state index is 13.1. The first kappa shape index (κ1) is 18.2. The molecular weight excluding hydrogens is 367 g/mol. The number of carbonyl (C=O) groups is 1. The number of amides is 1. The van der Waals surface area contributed by atoms with Crippen molar-refractivity contribution in [2.24, 2.45) is 11.8 Å². The molecule has 0 radical (unpaired) electrons. The Morgan fingerprint density at radius 3 is 2.55 bits per heavy atom. The maximum Gasteiger partial charge on any atom is 0.226 e. The minimum atomic E-state index is -0.276. The highest BCUT2D eigenvalue weighted by atomic mass is 19.1. The Morgan fingerprint density at radius 1 is 1.10 bits per heavy atom. The van der Waals surface area contributed by atoms with Gasteiger partial charge in [-0.1, -0.05) is 11.8 Å². The summed E-state index contributed by atoms with van der Waals surface area (Å²) in [5.41, 5.74) is 3.67. The summed E-state index contributed by atoms with van der Waals surface area (Å²) >= 11 is 0. The SMILES string of the molecule is O=C(C1CC1)N1CC[C@@H]2[C@H]1c1cc(C#Cc3ccc(F)cc3)ccc1N[C@@H]2CO. The molecule has 29 heavy (non-hydrogen) atoms. The molecule has 1 amide bonds. The molecule has 2 fully saturated rings. The van der Waals surface area contributed by atoms with Crippen LogP contribution in [0.5, 0.6) is 0 Å². The number of fused-ring (bicyclic) bond motifs is 3. The van der Waals surface area contributed by atoms with Crippen LogP contribution >= 0.6 is 0 Å². The number of rotatable bonds is 2. The van der Waals surface area contributed by atoms with Crippen LogP contribution in [0.4, 0.5) is 10.1 Å². The normalized spacial score (nSPS) is 24.8. The molecule has 3 aliphatic rings. The Labute approximate surface area is 169 Å². The molecule has 2 N–H and O–H groups in total. The van der Waals surface area contributed by atoms with Crippen LogP contribution in [0.1, 0.15) is 42.0 Å². The van der Waals surface area contributed by atoms with Crippen LogP contribution in [0, 0.1) is 29.5 Å². The lowest BCUT2D eigenvalue weighted by Gasteiger charge is -2.39. The lowest BCUT2D eigenvalue weighted by molar-refractivity contribution is -0.134. The number of carbonyl (C=O) groups excluding carboxylic acids is 1. The Morgan fingerprint density at radius 2 is 1.83 bits per heavy atom. The zero-order valence-electron chi connectivity index (χ0n) is 16.1. The molecule has 0 bridgehead atoms. The Kier molecular flexibility index (Phi) is 4.52. The first-order valence-electron chi connectivity index (χ1n) is 10.2. The van der Waals surface area contributed by atoms with E-state index in [2.05, 4.69) is 23.2 Å². The van der Waals surface area contributed by atoms with Gasteiger partial charge in [0.15, 0.2) is 0 Å².